The molecule has 0 spiro atoms. The van der Waals surface area contributed by atoms with E-state index >= 15 is 4.39 Å². The summed E-state index contributed by atoms with van der Waals surface area (Å²) in [4.78, 5) is 3.60. The Hall–Kier alpha value is -4.67. The van der Waals surface area contributed by atoms with Gasteiger partial charge in [-0.05, 0) is 47.2 Å². The minimum atomic E-state index is -0.381. The standard InChI is InChI=1S/C28H33FN10/c1-34-23-16-21(19-9-13-39(14-10-19)28(32)33)15-22(29)24(23)26-36-35-25(37(26)2)20-5-3-17(4-6-20)18-7-11-38(12-8-18)27(30)31/h3-7,9,15-16,34H,8,10-14H2,1-2H3,(H3,30,31)(H3,32,33). The summed E-state index contributed by atoms with van der Waals surface area (Å²) in [5.74, 6) is 0.831. The van der Waals surface area contributed by atoms with Crippen molar-refractivity contribution in [3.63, 3.8) is 0 Å². The second-order valence-corrected chi connectivity index (χ2v) is 9.74. The van der Waals surface area contributed by atoms with E-state index in [0.717, 1.165) is 35.2 Å². The molecule has 2 aliphatic heterocycles. The van der Waals surface area contributed by atoms with Crippen LogP contribution in [-0.2, 0) is 7.05 Å². The smallest absolute Gasteiger partial charge is 0.188 e. The van der Waals surface area contributed by atoms with Crippen molar-refractivity contribution >= 4 is 28.8 Å². The average Bonchev–Trinajstić information content (AvgIpc) is 3.33. The summed E-state index contributed by atoms with van der Waals surface area (Å²) in [6.45, 7) is 2.51. The maximum atomic E-state index is 15.6. The van der Waals surface area contributed by atoms with Crippen molar-refractivity contribution in [2.45, 2.75) is 12.8 Å². The largest absolute Gasteiger partial charge is 0.387 e. The molecule has 0 saturated carbocycles. The van der Waals surface area contributed by atoms with Crippen LogP contribution in [0, 0.1) is 16.6 Å². The number of benzene rings is 2. The van der Waals surface area contributed by atoms with Crippen molar-refractivity contribution < 1.29 is 4.39 Å². The third-order valence-electron chi connectivity index (χ3n) is 7.44. The molecule has 0 fully saturated rings. The number of halogens is 1. The van der Waals surface area contributed by atoms with Crippen LogP contribution >= 0.6 is 0 Å². The van der Waals surface area contributed by atoms with Crippen LogP contribution in [0.2, 0.25) is 0 Å². The van der Waals surface area contributed by atoms with E-state index in [2.05, 4.69) is 33.7 Å². The molecule has 3 aromatic rings. The monoisotopic (exact) mass is 528 g/mol. The molecule has 5 rings (SSSR count). The molecule has 0 atom stereocenters. The van der Waals surface area contributed by atoms with E-state index in [1.165, 1.54) is 5.57 Å². The van der Waals surface area contributed by atoms with Gasteiger partial charge in [0.05, 0.1) is 5.56 Å². The van der Waals surface area contributed by atoms with E-state index in [1.54, 1.807) is 18.0 Å². The molecule has 0 bridgehead atoms. The van der Waals surface area contributed by atoms with Crippen LogP contribution in [0.15, 0.2) is 48.6 Å². The Morgan fingerprint density at radius 3 is 1.90 bits per heavy atom. The first-order valence-corrected chi connectivity index (χ1v) is 12.8. The quantitative estimate of drug-likeness (QED) is 0.252. The average molecular weight is 529 g/mol. The van der Waals surface area contributed by atoms with E-state index in [9.17, 15) is 0 Å². The van der Waals surface area contributed by atoms with E-state index in [0.29, 0.717) is 49.0 Å². The van der Waals surface area contributed by atoms with Crippen molar-refractivity contribution in [2.24, 2.45) is 18.5 Å². The van der Waals surface area contributed by atoms with Crippen molar-refractivity contribution in [1.29, 1.82) is 10.8 Å². The number of hydrogen-bond acceptors (Lipinski definition) is 5. The van der Waals surface area contributed by atoms with Crippen molar-refractivity contribution in [3.8, 4) is 22.8 Å². The lowest BCUT2D eigenvalue weighted by Crippen LogP contribution is -2.39. The number of guanidine groups is 2. The van der Waals surface area contributed by atoms with Crippen molar-refractivity contribution in [1.82, 2.24) is 24.6 Å². The Labute approximate surface area is 226 Å². The lowest BCUT2D eigenvalue weighted by Gasteiger charge is -2.27. The first kappa shape index (κ1) is 26.0. The minimum absolute atomic E-state index is 0.0440. The Bertz CT molecular complexity index is 1480. The van der Waals surface area contributed by atoms with Crippen LogP contribution in [0.3, 0.4) is 0 Å². The molecule has 0 saturated heterocycles. The number of rotatable bonds is 5. The fourth-order valence-corrected chi connectivity index (χ4v) is 5.15. The highest BCUT2D eigenvalue weighted by Crippen LogP contribution is 2.35. The Kier molecular flexibility index (Phi) is 7.05. The molecule has 2 aliphatic rings. The summed E-state index contributed by atoms with van der Waals surface area (Å²) in [5, 5.41) is 27.1. The van der Waals surface area contributed by atoms with Gasteiger partial charge in [-0.25, -0.2) is 4.39 Å². The summed E-state index contributed by atoms with van der Waals surface area (Å²) in [7, 11) is 3.60. The predicted molar refractivity (Wildman–Crippen MR) is 154 cm³/mol. The summed E-state index contributed by atoms with van der Waals surface area (Å²) >= 11 is 0. The molecule has 0 aliphatic carbocycles. The number of aromatic nitrogens is 3. The van der Waals surface area contributed by atoms with Gasteiger partial charge < -0.3 is 31.2 Å². The number of nitrogens with zero attached hydrogens (tertiary/aromatic N) is 5. The fraction of sp³-hybridized carbons (Fsp3) is 0.286. The van der Waals surface area contributed by atoms with Gasteiger partial charge in [-0.1, -0.05) is 36.4 Å². The number of nitrogens with one attached hydrogen (secondary N) is 3. The molecule has 0 radical (unpaired) electrons. The molecule has 0 amide bonds. The maximum Gasteiger partial charge on any atom is 0.188 e. The minimum Gasteiger partial charge on any atom is -0.387 e. The highest BCUT2D eigenvalue weighted by atomic mass is 19.1. The van der Waals surface area contributed by atoms with Crippen LogP contribution < -0.4 is 16.8 Å². The van der Waals surface area contributed by atoms with Gasteiger partial charge in [0.15, 0.2) is 23.6 Å². The van der Waals surface area contributed by atoms with Gasteiger partial charge in [0.2, 0.25) is 0 Å². The van der Waals surface area contributed by atoms with E-state index in [-0.39, 0.29) is 17.7 Å². The van der Waals surface area contributed by atoms with Gasteiger partial charge in [0, 0.05) is 51.5 Å². The lowest BCUT2D eigenvalue weighted by molar-refractivity contribution is 0.451. The molecule has 7 N–H and O–H groups in total. The summed E-state index contributed by atoms with van der Waals surface area (Å²) in [6.07, 6.45) is 5.60. The number of nitrogens with two attached hydrogens (primary N) is 2. The molecule has 2 aromatic carbocycles. The predicted octanol–water partition coefficient (Wildman–Crippen LogP) is 3.30. The molecule has 10 nitrogen and oxygen atoms in total. The van der Waals surface area contributed by atoms with E-state index in [4.69, 9.17) is 22.3 Å². The maximum absolute atomic E-state index is 15.6. The SMILES string of the molecule is CNc1cc(C2=CCN(C(=N)N)CC2)cc(F)c1-c1nnc(-c2ccc(C3=CCN(C(=N)N)CC3)cc2)n1C. The van der Waals surface area contributed by atoms with Crippen LogP contribution in [0.5, 0.6) is 0 Å². The lowest BCUT2D eigenvalue weighted by atomic mass is 9.96. The Balaban J connectivity index is 1.40. The van der Waals surface area contributed by atoms with Crippen molar-refractivity contribution in [2.75, 3.05) is 38.5 Å². The van der Waals surface area contributed by atoms with Gasteiger partial charge in [0.1, 0.15) is 5.82 Å². The van der Waals surface area contributed by atoms with Gasteiger partial charge >= 0.3 is 0 Å². The number of hydrogen-bond donors (Lipinski definition) is 5. The summed E-state index contributed by atoms with van der Waals surface area (Å²) in [6, 6.07) is 11.6. The number of anilines is 1. The van der Waals surface area contributed by atoms with Crippen LogP contribution in [-0.4, -0.2) is 69.7 Å². The van der Waals surface area contributed by atoms with Gasteiger partial charge in [-0.3, -0.25) is 10.8 Å². The Morgan fingerprint density at radius 1 is 0.846 bits per heavy atom. The summed E-state index contributed by atoms with van der Waals surface area (Å²) in [5.41, 5.74) is 17.2. The Morgan fingerprint density at radius 2 is 1.38 bits per heavy atom. The third-order valence-corrected chi connectivity index (χ3v) is 7.44. The zero-order chi connectivity index (χ0) is 27.7. The fourth-order valence-electron chi connectivity index (χ4n) is 5.15. The first-order chi connectivity index (χ1) is 18.8. The molecule has 39 heavy (non-hydrogen) atoms. The highest BCUT2D eigenvalue weighted by molar-refractivity contribution is 5.82. The van der Waals surface area contributed by atoms with Gasteiger partial charge in [0.25, 0.3) is 0 Å². The van der Waals surface area contributed by atoms with Crippen LogP contribution in [0.1, 0.15) is 24.0 Å². The van der Waals surface area contributed by atoms with Crippen LogP contribution in [0.4, 0.5) is 10.1 Å². The molecule has 0 unspecified atom stereocenters. The van der Waals surface area contributed by atoms with Gasteiger partial charge in [-0.15, -0.1) is 10.2 Å². The molecular weight excluding hydrogens is 495 g/mol. The van der Waals surface area contributed by atoms with Crippen LogP contribution in [0.25, 0.3) is 33.9 Å². The van der Waals surface area contributed by atoms with Gasteiger partial charge in [-0.2, -0.15) is 0 Å². The molecule has 3 heterocycles. The molecule has 202 valence electrons. The first-order valence-electron chi connectivity index (χ1n) is 12.8. The zero-order valence-corrected chi connectivity index (χ0v) is 22.1. The third kappa shape index (κ3) is 5.07. The molecule has 1 aromatic heterocycles. The second kappa shape index (κ2) is 10.6. The normalized spacial score (nSPS) is 15.6. The van der Waals surface area contributed by atoms with E-state index < -0.39 is 0 Å². The zero-order valence-electron chi connectivity index (χ0n) is 22.1. The molecule has 11 heteroatoms. The topological polar surface area (TPSA) is 149 Å². The van der Waals surface area contributed by atoms with E-state index in [1.807, 2.05) is 40.8 Å². The molecular formula is C28H33FN10. The summed E-state index contributed by atoms with van der Waals surface area (Å²) < 4.78 is 17.4. The highest BCUT2D eigenvalue weighted by Gasteiger charge is 2.22. The van der Waals surface area contributed by atoms with Crippen molar-refractivity contribution in [3.05, 3.63) is 65.5 Å². The second-order valence-electron chi connectivity index (χ2n) is 9.74.